The average Bonchev–Trinajstić information content (AvgIpc) is 2.84. The highest BCUT2D eigenvalue weighted by atomic mass is 32.2. The summed E-state index contributed by atoms with van der Waals surface area (Å²) in [5, 5.41) is 0. The number of anilines is 1. The quantitative estimate of drug-likeness (QED) is 0.559. The molecule has 18 heavy (non-hydrogen) atoms. The van der Waals surface area contributed by atoms with E-state index < -0.39 is 0 Å². The molecule has 0 bridgehead atoms. The molecule has 3 rings (SSSR count). The minimum atomic E-state index is 0.618. The fourth-order valence-corrected chi connectivity index (χ4v) is 2.50. The molecule has 0 atom stereocenters. The van der Waals surface area contributed by atoms with Crippen LogP contribution < -0.4 is 5.73 Å². The first kappa shape index (κ1) is 11.2. The van der Waals surface area contributed by atoms with Crippen LogP contribution in [0.1, 0.15) is 0 Å². The van der Waals surface area contributed by atoms with Gasteiger partial charge in [-0.1, -0.05) is 18.2 Å². The summed E-state index contributed by atoms with van der Waals surface area (Å²) >= 11 is 1.67. The average molecular weight is 256 g/mol. The molecule has 2 aromatic carbocycles. The van der Waals surface area contributed by atoms with Crippen molar-refractivity contribution in [2.75, 3.05) is 12.0 Å². The van der Waals surface area contributed by atoms with Crippen molar-refractivity contribution in [2.45, 2.75) is 4.90 Å². The molecular formula is C14H12N2OS. The smallest absolute Gasteiger partial charge is 0.228 e. The summed E-state index contributed by atoms with van der Waals surface area (Å²) in [5.74, 6) is 0.618. The minimum Gasteiger partial charge on any atom is -0.436 e. The van der Waals surface area contributed by atoms with Gasteiger partial charge in [0.05, 0.1) is 11.3 Å². The van der Waals surface area contributed by atoms with Gasteiger partial charge in [-0.25, -0.2) is 4.98 Å². The lowest BCUT2D eigenvalue weighted by Gasteiger charge is -2.01. The Bertz CT molecular complexity index is 706. The van der Waals surface area contributed by atoms with E-state index in [-0.39, 0.29) is 0 Å². The number of thioether (sulfide) groups is 1. The first-order chi connectivity index (χ1) is 8.79. The summed E-state index contributed by atoms with van der Waals surface area (Å²) in [4.78, 5) is 5.63. The zero-order chi connectivity index (χ0) is 12.5. The molecule has 3 nitrogen and oxygen atoms in total. The maximum Gasteiger partial charge on any atom is 0.228 e. The lowest BCUT2D eigenvalue weighted by atomic mass is 10.2. The minimum absolute atomic E-state index is 0.618. The Kier molecular flexibility index (Phi) is 2.72. The summed E-state index contributed by atoms with van der Waals surface area (Å²) in [5.41, 5.74) is 8.98. The van der Waals surface area contributed by atoms with Crippen molar-refractivity contribution in [3.8, 4) is 11.5 Å². The molecule has 0 amide bonds. The van der Waals surface area contributed by atoms with Crippen LogP contribution in [0, 0.1) is 0 Å². The highest BCUT2D eigenvalue weighted by Crippen LogP contribution is 2.32. The first-order valence-electron chi connectivity index (χ1n) is 5.58. The second-order valence-corrected chi connectivity index (χ2v) is 4.76. The number of nitrogens with zero attached hydrogens (tertiary/aromatic N) is 1. The van der Waals surface area contributed by atoms with Crippen LogP contribution in [0.2, 0.25) is 0 Å². The van der Waals surface area contributed by atoms with E-state index in [0.29, 0.717) is 11.6 Å². The number of aromatic nitrogens is 1. The van der Waals surface area contributed by atoms with E-state index in [4.69, 9.17) is 10.2 Å². The summed E-state index contributed by atoms with van der Waals surface area (Å²) in [6.07, 6.45) is 2.04. The molecule has 0 aliphatic carbocycles. The molecule has 3 aromatic rings. The van der Waals surface area contributed by atoms with Crippen LogP contribution in [0.3, 0.4) is 0 Å². The zero-order valence-electron chi connectivity index (χ0n) is 9.88. The summed E-state index contributed by atoms with van der Waals surface area (Å²) in [6, 6.07) is 13.6. The standard InChI is InChI=1S/C14H12N2OS/c1-18-12-8-3-2-5-9(12)14-16-13-10(15)6-4-7-11(13)17-14/h2-8H,15H2,1H3. The molecule has 0 radical (unpaired) electrons. The molecule has 0 saturated carbocycles. The van der Waals surface area contributed by atoms with Gasteiger partial charge < -0.3 is 10.2 Å². The van der Waals surface area contributed by atoms with Crippen molar-refractivity contribution in [3.05, 3.63) is 42.5 Å². The van der Waals surface area contributed by atoms with Crippen LogP contribution in [0.5, 0.6) is 0 Å². The monoisotopic (exact) mass is 256 g/mol. The van der Waals surface area contributed by atoms with Crippen LogP contribution >= 0.6 is 11.8 Å². The van der Waals surface area contributed by atoms with Gasteiger partial charge in [0, 0.05) is 4.90 Å². The molecule has 0 aliphatic rings. The van der Waals surface area contributed by atoms with Gasteiger partial charge in [-0.3, -0.25) is 0 Å². The van der Waals surface area contributed by atoms with Gasteiger partial charge in [0.1, 0.15) is 5.52 Å². The van der Waals surface area contributed by atoms with Crippen LogP contribution in [-0.2, 0) is 0 Å². The first-order valence-corrected chi connectivity index (χ1v) is 6.80. The lowest BCUT2D eigenvalue weighted by Crippen LogP contribution is -1.85. The van der Waals surface area contributed by atoms with Gasteiger partial charge in [0.2, 0.25) is 5.89 Å². The number of hydrogen-bond acceptors (Lipinski definition) is 4. The summed E-state index contributed by atoms with van der Waals surface area (Å²) in [6.45, 7) is 0. The SMILES string of the molecule is CSc1ccccc1-c1nc2c(N)cccc2o1. The predicted octanol–water partition coefficient (Wildman–Crippen LogP) is 3.80. The summed E-state index contributed by atoms with van der Waals surface area (Å²) in [7, 11) is 0. The van der Waals surface area contributed by atoms with Gasteiger partial charge >= 0.3 is 0 Å². The van der Waals surface area contributed by atoms with E-state index in [1.54, 1.807) is 11.8 Å². The zero-order valence-corrected chi connectivity index (χ0v) is 10.7. The third-order valence-corrected chi connectivity index (χ3v) is 3.58. The molecule has 2 N–H and O–H groups in total. The Labute approximate surface area is 109 Å². The number of hydrogen-bond donors (Lipinski definition) is 1. The van der Waals surface area contributed by atoms with Crippen molar-refractivity contribution < 1.29 is 4.42 Å². The molecular weight excluding hydrogens is 244 g/mol. The van der Waals surface area contributed by atoms with Crippen molar-refractivity contribution >= 4 is 28.5 Å². The maximum absolute atomic E-state index is 5.89. The van der Waals surface area contributed by atoms with Crippen LogP contribution in [-0.4, -0.2) is 11.2 Å². The fourth-order valence-electron chi connectivity index (χ4n) is 1.91. The Morgan fingerprint density at radius 1 is 1.11 bits per heavy atom. The number of rotatable bonds is 2. The third kappa shape index (κ3) is 1.75. The number of benzene rings is 2. The Balaban J connectivity index is 2.23. The molecule has 0 saturated heterocycles. The van der Waals surface area contributed by atoms with Crippen LogP contribution in [0.25, 0.3) is 22.6 Å². The Morgan fingerprint density at radius 2 is 1.94 bits per heavy atom. The van der Waals surface area contributed by atoms with E-state index in [1.165, 1.54) is 0 Å². The number of oxazole rings is 1. The number of nitrogen functional groups attached to an aromatic ring is 1. The van der Waals surface area contributed by atoms with E-state index >= 15 is 0 Å². The topological polar surface area (TPSA) is 52.0 Å². The number of fused-ring (bicyclic) bond motifs is 1. The Morgan fingerprint density at radius 3 is 2.72 bits per heavy atom. The van der Waals surface area contributed by atoms with Gasteiger partial charge in [-0.2, -0.15) is 0 Å². The van der Waals surface area contributed by atoms with Crippen molar-refractivity contribution in [3.63, 3.8) is 0 Å². The normalized spacial score (nSPS) is 10.9. The molecule has 90 valence electrons. The lowest BCUT2D eigenvalue weighted by molar-refractivity contribution is 0.618. The largest absolute Gasteiger partial charge is 0.436 e. The van der Waals surface area contributed by atoms with E-state index in [0.717, 1.165) is 21.6 Å². The molecule has 0 aliphatic heterocycles. The van der Waals surface area contributed by atoms with Crippen LogP contribution in [0.4, 0.5) is 5.69 Å². The van der Waals surface area contributed by atoms with E-state index in [2.05, 4.69) is 11.1 Å². The molecule has 1 aromatic heterocycles. The number of para-hydroxylation sites is 1. The fraction of sp³-hybridized carbons (Fsp3) is 0.0714. The molecule has 4 heteroatoms. The van der Waals surface area contributed by atoms with Gasteiger partial charge in [-0.15, -0.1) is 11.8 Å². The summed E-state index contributed by atoms with van der Waals surface area (Å²) < 4.78 is 5.77. The molecule has 1 heterocycles. The second-order valence-electron chi connectivity index (χ2n) is 3.91. The van der Waals surface area contributed by atoms with E-state index in [1.807, 2.05) is 42.7 Å². The van der Waals surface area contributed by atoms with Gasteiger partial charge in [-0.05, 0) is 30.5 Å². The second kappa shape index (κ2) is 4.38. The van der Waals surface area contributed by atoms with Gasteiger partial charge in [0.15, 0.2) is 5.58 Å². The van der Waals surface area contributed by atoms with Gasteiger partial charge in [0.25, 0.3) is 0 Å². The third-order valence-electron chi connectivity index (χ3n) is 2.79. The molecule has 0 fully saturated rings. The predicted molar refractivity (Wildman–Crippen MR) is 75.6 cm³/mol. The maximum atomic E-state index is 5.89. The van der Waals surface area contributed by atoms with Crippen molar-refractivity contribution in [1.29, 1.82) is 0 Å². The molecule has 0 spiro atoms. The highest BCUT2D eigenvalue weighted by Gasteiger charge is 2.12. The van der Waals surface area contributed by atoms with E-state index in [9.17, 15) is 0 Å². The van der Waals surface area contributed by atoms with Crippen LogP contribution in [0.15, 0.2) is 51.8 Å². The highest BCUT2D eigenvalue weighted by molar-refractivity contribution is 7.98. The van der Waals surface area contributed by atoms with Crippen molar-refractivity contribution in [1.82, 2.24) is 4.98 Å². The Hall–Kier alpha value is -1.94. The molecule has 0 unspecified atom stereocenters. The van der Waals surface area contributed by atoms with Crippen molar-refractivity contribution in [2.24, 2.45) is 0 Å². The number of nitrogens with two attached hydrogens (primary N) is 1.